The molecule has 1 saturated carbocycles. The minimum atomic E-state index is -0.106. The van der Waals surface area contributed by atoms with E-state index in [1.807, 2.05) is 36.4 Å². The number of benzene rings is 1. The topological polar surface area (TPSA) is 96.7 Å². The normalized spacial score (nSPS) is 14.4. The summed E-state index contributed by atoms with van der Waals surface area (Å²) < 4.78 is 7.71. The molecule has 1 fully saturated rings. The van der Waals surface area contributed by atoms with E-state index in [0.29, 0.717) is 23.9 Å². The van der Waals surface area contributed by atoms with Crippen LogP contribution in [0.1, 0.15) is 43.7 Å². The lowest BCUT2D eigenvalue weighted by Gasteiger charge is -2.25. The Morgan fingerprint density at radius 1 is 1.20 bits per heavy atom. The molecule has 0 aliphatic heterocycles. The fourth-order valence-corrected chi connectivity index (χ4v) is 4.55. The molecule has 2 aromatic heterocycles. The molecular formula is C22H23N5O2S. The van der Waals surface area contributed by atoms with Gasteiger partial charge in [0.2, 0.25) is 11.7 Å². The fourth-order valence-electron chi connectivity index (χ4n) is 3.74. The van der Waals surface area contributed by atoms with E-state index >= 15 is 0 Å². The van der Waals surface area contributed by atoms with E-state index in [4.69, 9.17) is 9.68 Å². The van der Waals surface area contributed by atoms with Crippen molar-refractivity contribution >= 4 is 23.4 Å². The van der Waals surface area contributed by atoms with Crippen LogP contribution in [-0.4, -0.2) is 26.4 Å². The molecule has 30 heavy (non-hydrogen) atoms. The second-order valence-electron chi connectivity index (χ2n) is 7.31. The van der Waals surface area contributed by atoms with Gasteiger partial charge in [0.25, 0.3) is 0 Å². The van der Waals surface area contributed by atoms with E-state index in [0.717, 1.165) is 29.4 Å². The van der Waals surface area contributed by atoms with E-state index in [1.54, 1.807) is 6.26 Å². The third-order valence-corrected chi connectivity index (χ3v) is 6.14. The maximum absolute atomic E-state index is 12.5. The third-order valence-electron chi connectivity index (χ3n) is 5.20. The summed E-state index contributed by atoms with van der Waals surface area (Å²) in [6, 6.07) is 13.5. The highest BCUT2D eigenvalue weighted by Gasteiger charge is 2.25. The summed E-state index contributed by atoms with van der Waals surface area (Å²) in [4.78, 5) is 12.5. The van der Waals surface area contributed by atoms with Crippen molar-refractivity contribution in [3.05, 3.63) is 48.2 Å². The molecule has 0 bridgehead atoms. The molecule has 1 N–H and O–H groups in total. The summed E-state index contributed by atoms with van der Waals surface area (Å²) >= 11 is 1.39. The average Bonchev–Trinajstić information content (AvgIpc) is 3.44. The minimum Gasteiger partial charge on any atom is -0.461 e. The van der Waals surface area contributed by atoms with Crippen LogP contribution in [0.2, 0.25) is 0 Å². The van der Waals surface area contributed by atoms with Crippen molar-refractivity contribution in [3.63, 3.8) is 0 Å². The smallest absolute Gasteiger partial charge is 0.234 e. The predicted molar refractivity (Wildman–Crippen MR) is 115 cm³/mol. The van der Waals surface area contributed by atoms with Crippen LogP contribution in [0.5, 0.6) is 0 Å². The number of amides is 1. The number of rotatable bonds is 7. The van der Waals surface area contributed by atoms with Gasteiger partial charge in [-0.1, -0.05) is 43.2 Å². The van der Waals surface area contributed by atoms with Gasteiger partial charge in [-0.3, -0.25) is 9.36 Å². The largest absolute Gasteiger partial charge is 0.461 e. The maximum Gasteiger partial charge on any atom is 0.234 e. The Balaban J connectivity index is 1.45. The molecular weight excluding hydrogens is 398 g/mol. The molecule has 0 unspecified atom stereocenters. The molecule has 0 saturated heterocycles. The second-order valence-corrected chi connectivity index (χ2v) is 8.26. The first-order valence-corrected chi connectivity index (χ1v) is 11.1. The number of anilines is 1. The molecule has 1 aliphatic rings. The van der Waals surface area contributed by atoms with Gasteiger partial charge in [0.1, 0.15) is 0 Å². The van der Waals surface area contributed by atoms with Crippen LogP contribution in [0.15, 0.2) is 52.2 Å². The number of hydrogen-bond acceptors (Lipinski definition) is 6. The maximum atomic E-state index is 12.5. The quantitative estimate of drug-likeness (QED) is 0.548. The average molecular weight is 422 g/mol. The number of nitrogens with zero attached hydrogens (tertiary/aromatic N) is 4. The van der Waals surface area contributed by atoms with Gasteiger partial charge in [0.15, 0.2) is 10.9 Å². The zero-order chi connectivity index (χ0) is 20.8. The lowest BCUT2D eigenvalue weighted by atomic mass is 9.95. The van der Waals surface area contributed by atoms with Gasteiger partial charge in [-0.25, -0.2) is 0 Å². The molecule has 1 aliphatic carbocycles. The SMILES string of the molecule is N#CCc1ccc(NC(=O)CSc2nnc(-c3ccco3)n2C2CCCCC2)cc1. The van der Waals surface area contributed by atoms with Crippen LogP contribution in [0.25, 0.3) is 11.6 Å². The highest BCUT2D eigenvalue weighted by atomic mass is 32.2. The fraction of sp³-hybridized carbons (Fsp3) is 0.364. The van der Waals surface area contributed by atoms with E-state index in [2.05, 4.69) is 26.2 Å². The summed E-state index contributed by atoms with van der Waals surface area (Å²) in [6.45, 7) is 0. The summed E-state index contributed by atoms with van der Waals surface area (Å²) in [6.07, 6.45) is 7.80. The van der Waals surface area contributed by atoms with Crippen molar-refractivity contribution in [1.29, 1.82) is 5.26 Å². The van der Waals surface area contributed by atoms with Crippen LogP contribution in [0.3, 0.4) is 0 Å². The van der Waals surface area contributed by atoms with Crippen molar-refractivity contribution in [2.75, 3.05) is 11.1 Å². The van der Waals surface area contributed by atoms with Gasteiger partial charge in [-0.2, -0.15) is 5.26 Å². The molecule has 1 amide bonds. The van der Waals surface area contributed by atoms with Gasteiger partial charge >= 0.3 is 0 Å². The first-order chi connectivity index (χ1) is 14.7. The van der Waals surface area contributed by atoms with Crippen LogP contribution >= 0.6 is 11.8 Å². The Hall–Kier alpha value is -3.05. The van der Waals surface area contributed by atoms with Crippen molar-refractivity contribution in [3.8, 4) is 17.7 Å². The third kappa shape index (κ3) is 4.74. The van der Waals surface area contributed by atoms with Gasteiger partial charge in [-0.15, -0.1) is 10.2 Å². The Morgan fingerprint density at radius 3 is 2.70 bits per heavy atom. The number of nitriles is 1. The zero-order valence-electron chi connectivity index (χ0n) is 16.6. The van der Waals surface area contributed by atoms with Crippen molar-refractivity contribution in [2.24, 2.45) is 0 Å². The number of hydrogen-bond donors (Lipinski definition) is 1. The predicted octanol–water partition coefficient (Wildman–Crippen LogP) is 4.84. The van der Waals surface area contributed by atoms with Crippen LogP contribution in [0, 0.1) is 11.3 Å². The molecule has 0 spiro atoms. The Kier molecular flexibility index (Phi) is 6.50. The van der Waals surface area contributed by atoms with Crippen molar-refractivity contribution in [2.45, 2.75) is 49.7 Å². The summed E-state index contributed by atoms with van der Waals surface area (Å²) in [5.74, 6) is 1.55. The molecule has 2 heterocycles. The van der Waals surface area contributed by atoms with Gasteiger partial charge in [0, 0.05) is 11.7 Å². The Labute approximate surface area is 179 Å². The van der Waals surface area contributed by atoms with E-state index in [1.165, 1.54) is 31.0 Å². The second kappa shape index (κ2) is 9.63. The van der Waals surface area contributed by atoms with Gasteiger partial charge in [-0.05, 0) is 42.7 Å². The molecule has 0 radical (unpaired) electrons. The van der Waals surface area contributed by atoms with E-state index in [9.17, 15) is 4.79 Å². The minimum absolute atomic E-state index is 0.106. The molecule has 4 rings (SSSR count). The van der Waals surface area contributed by atoms with Crippen LogP contribution in [0.4, 0.5) is 5.69 Å². The monoisotopic (exact) mass is 421 g/mol. The summed E-state index contributed by atoms with van der Waals surface area (Å²) in [7, 11) is 0. The number of nitrogens with one attached hydrogen (secondary N) is 1. The van der Waals surface area contributed by atoms with Crippen molar-refractivity contribution < 1.29 is 9.21 Å². The zero-order valence-corrected chi connectivity index (χ0v) is 17.4. The lowest BCUT2D eigenvalue weighted by Crippen LogP contribution is -2.17. The number of furan rings is 1. The van der Waals surface area contributed by atoms with Crippen molar-refractivity contribution in [1.82, 2.24) is 14.8 Å². The van der Waals surface area contributed by atoms with Crippen LogP contribution < -0.4 is 5.32 Å². The Morgan fingerprint density at radius 2 is 2.00 bits per heavy atom. The molecule has 154 valence electrons. The first-order valence-electron chi connectivity index (χ1n) is 10.1. The van der Waals surface area contributed by atoms with Crippen LogP contribution in [-0.2, 0) is 11.2 Å². The van der Waals surface area contributed by atoms with Gasteiger partial charge < -0.3 is 9.73 Å². The first kappa shape index (κ1) is 20.2. The number of thioether (sulfide) groups is 1. The molecule has 1 aromatic carbocycles. The number of carbonyl (C=O) groups excluding carboxylic acids is 1. The van der Waals surface area contributed by atoms with E-state index < -0.39 is 0 Å². The molecule has 3 aromatic rings. The molecule has 7 nitrogen and oxygen atoms in total. The highest BCUT2D eigenvalue weighted by Crippen LogP contribution is 2.35. The molecule has 8 heteroatoms. The highest BCUT2D eigenvalue weighted by molar-refractivity contribution is 7.99. The standard InChI is InChI=1S/C22H23N5O2S/c23-13-12-16-8-10-17(11-9-16)24-20(28)15-30-22-26-25-21(19-7-4-14-29-19)27(22)18-5-2-1-3-6-18/h4,7-11,14,18H,1-3,5-6,12,15H2,(H,24,28). The number of carbonyl (C=O) groups is 1. The summed E-state index contributed by atoms with van der Waals surface area (Å²) in [5, 5.41) is 21.1. The number of aromatic nitrogens is 3. The molecule has 0 atom stereocenters. The van der Waals surface area contributed by atoms with Gasteiger partial charge in [0.05, 0.1) is 24.5 Å². The van der Waals surface area contributed by atoms with E-state index in [-0.39, 0.29) is 11.7 Å². The Bertz CT molecular complexity index is 1010. The summed E-state index contributed by atoms with van der Waals surface area (Å²) in [5.41, 5.74) is 1.64. The lowest BCUT2D eigenvalue weighted by molar-refractivity contribution is -0.113.